The Labute approximate surface area is 143 Å². The fraction of sp³-hybridized carbons (Fsp3) is 0.706. The van der Waals surface area contributed by atoms with Crippen molar-refractivity contribution in [3.05, 3.63) is 25.3 Å². The van der Waals surface area contributed by atoms with Gasteiger partial charge in [0.2, 0.25) is 0 Å². The van der Waals surface area contributed by atoms with Gasteiger partial charge in [-0.05, 0) is 26.7 Å². The van der Waals surface area contributed by atoms with Gasteiger partial charge in [0.1, 0.15) is 31.1 Å². The van der Waals surface area contributed by atoms with E-state index in [1.807, 2.05) is 27.7 Å². The predicted octanol–water partition coefficient (Wildman–Crippen LogP) is 3.09. The number of ketones is 1. The number of hydrogen-bond donors (Lipinski definition) is 0. The number of carbonyl (C=O) groups is 1. The van der Waals surface area contributed by atoms with Crippen molar-refractivity contribution in [1.29, 1.82) is 0 Å². The molecule has 2 heterocycles. The normalized spacial score (nSPS) is 15.2. The van der Waals surface area contributed by atoms with Gasteiger partial charge in [-0.3, -0.25) is 14.2 Å². The second-order valence-corrected chi connectivity index (χ2v) is 7.95. The summed E-state index contributed by atoms with van der Waals surface area (Å²) in [5, 5.41) is 8.36. The molecule has 0 aliphatic heterocycles. The van der Waals surface area contributed by atoms with Crippen molar-refractivity contribution in [2.24, 2.45) is 10.8 Å². The van der Waals surface area contributed by atoms with Gasteiger partial charge in [0, 0.05) is 10.8 Å². The molecule has 24 heavy (non-hydrogen) atoms. The van der Waals surface area contributed by atoms with E-state index in [4.69, 9.17) is 0 Å². The molecular formula is C17H28N6O. The third kappa shape index (κ3) is 4.07. The first-order chi connectivity index (χ1) is 11.1. The molecule has 0 aliphatic carbocycles. The second-order valence-electron chi connectivity index (χ2n) is 7.95. The zero-order chi connectivity index (χ0) is 18.0. The molecule has 0 N–H and O–H groups in total. The molecule has 0 bridgehead atoms. The molecule has 2 aromatic rings. The monoisotopic (exact) mass is 332 g/mol. The van der Waals surface area contributed by atoms with Crippen LogP contribution in [0.15, 0.2) is 25.3 Å². The zero-order valence-corrected chi connectivity index (χ0v) is 15.5. The van der Waals surface area contributed by atoms with Gasteiger partial charge in [0.15, 0.2) is 0 Å². The van der Waals surface area contributed by atoms with Crippen LogP contribution in [0.25, 0.3) is 0 Å². The molecule has 0 spiro atoms. The molecule has 0 fully saturated rings. The number of hydrogen-bond acceptors (Lipinski definition) is 5. The van der Waals surface area contributed by atoms with E-state index in [1.54, 1.807) is 22.0 Å². The number of rotatable bonds is 8. The van der Waals surface area contributed by atoms with Crippen molar-refractivity contribution in [1.82, 2.24) is 29.5 Å². The molecule has 0 saturated carbocycles. The van der Waals surface area contributed by atoms with Crippen LogP contribution >= 0.6 is 0 Å². The maximum atomic E-state index is 13.2. The van der Waals surface area contributed by atoms with Gasteiger partial charge in [-0.1, -0.05) is 27.7 Å². The molecule has 2 unspecified atom stereocenters. The van der Waals surface area contributed by atoms with Crippen LogP contribution < -0.4 is 0 Å². The Morgan fingerprint density at radius 2 is 1.25 bits per heavy atom. The van der Waals surface area contributed by atoms with Crippen molar-refractivity contribution in [3.63, 3.8) is 0 Å². The minimum Gasteiger partial charge on any atom is -0.298 e. The summed E-state index contributed by atoms with van der Waals surface area (Å²) in [4.78, 5) is 21.2. The highest BCUT2D eigenvalue weighted by atomic mass is 16.1. The van der Waals surface area contributed by atoms with Gasteiger partial charge in [-0.2, -0.15) is 10.2 Å². The summed E-state index contributed by atoms with van der Waals surface area (Å²) in [6, 6.07) is 0.241. The van der Waals surface area contributed by atoms with Gasteiger partial charge in [-0.15, -0.1) is 0 Å². The Morgan fingerprint density at radius 1 is 0.875 bits per heavy atom. The molecule has 0 saturated heterocycles. The summed E-state index contributed by atoms with van der Waals surface area (Å²) in [5.74, 6) is 0.258. The summed E-state index contributed by atoms with van der Waals surface area (Å²) >= 11 is 0. The van der Waals surface area contributed by atoms with E-state index in [2.05, 4.69) is 34.0 Å². The van der Waals surface area contributed by atoms with Crippen LogP contribution in [0, 0.1) is 10.8 Å². The van der Waals surface area contributed by atoms with Gasteiger partial charge >= 0.3 is 0 Å². The molecular weight excluding hydrogens is 304 g/mol. The van der Waals surface area contributed by atoms with Crippen LogP contribution in [0.2, 0.25) is 0 Å². The lowest BCUT2D eigenvalue weighted by molar-refractivity contribution is -0.137. The van der Waals surface area contributed by atoms with E-state index in [-0.39, 0.29) is 17.9 Å². The third-order valence-electron chi connectivity index (χ3n) is 4.62. The average Bonchev–Trinajstić information content (AvgIpc) is 3.18. The molecule has 0 aliphatic rings. The number of aromatic nitrogens is 6. The Hall–Kier alpha value is -2.05. The summed E-state index contributed by atoms with van der Waals surface area (Å²) in [7, 11) is 0. The van der Waals surface area contributed by atoms with Crippen molar-refractivity contribution >= 4 is 5.78 Å². The Bertz CT molecular complexity index is 588. The molecule has 7 heteroatoms. The first kappa shape index (κ1) is 18.3. The molecule has 2 aromatic heterocycles. The maximum absolute atomic E-state index is 13.2. The standard InChI is InChI=1S/C17H28N6O/c1-13(22-11-18-9-20-22)7-16(3,4)15(24)17(5,6)8-14(2)23-12-19-10-21-23/h9-14H,7-8H2,1-6H3. The van der Waals surface area contributed by atoms with Crippen LogP contribution in [0.4, 0.5) is 0 Å². The topological polar surface area (TPSA) is 78.5 Å². The van der Waals surface area contributed by atoms with Crippen molar-refractivity contribution in [2.45, 2.75) is 66.5 Å². The molecule has 0 amide bonds. The number of nitrogens with zero attached hydrogens (tertiary/aromatic N) is 6. The molecule has 2 atom stereocenters. The van der Waals surface area contributed by atoms with Crippen LogP contribution in [0.3, 0.4) is 0 Å². The Kier molecular flexibility index (Phi) is 5.20. The van der Waals surface area contributed by atoms with Crippen LogP contribution in [-0.2, 0) is 4.79 Å². The predicted molar refractivity (Wildman–Crippen MR) is 91.3 cm³/mol. The highest BCUT2D eigenvalue weighted by Gasteiger charge is 2.41. The SMILES string of the molecule is CC(CC(C)(C)C(=O)C(C)(C)CC(C)n1cncn1)n1cncn1. The third-order valence-corrected chi connectivity index (χ3v) is 4.62. The van der Waals surface area contributed by atoms with E-state index >= 15 is 0 Å². The Balaban J connectivity index is 2.06. The highest BCUT2D eigenvalue weighted by Crippen LogP contribution is 2.39. The summed E-state index contributed by atoms with van der Waals surface area (Å²) < 4.78 is 3.61. The maximum Gasteiger partial charge on any atom is 0.144 e. The molecule has 7 nitrogen and oxygen atoms in total. The van der Waals surface area contributed by atoms with Gasteiger partial charge in [0.05, 0.1) is 12.1 Å². The number of Topliss-reactive ketones (excluding diaryl/α,β-unsaturated/α-hetero) is 1. The van der Waals surface area contributed by atoms with E-state index in [1.165, 1.54) is 12.7 Å². The zero-order valence-electron chi connectivity index (χ0n) is 15.5. The van der Waals surface area contributed by atoms with Crippen LogP contribution in [0.5, 0.6) is 0 Å². The van der Waals surface area contributed by atoms with Crippen molar-refractivity contribution in [2.75, 3.05) is 0 Å². The lowest BCUT2D eigenvalue weighted by atomic mass is 9.68. The van der Waals surface area contributed by atoms with E-state index in [0.717, 1.165) is 12.8 Å². The fourth-order valence-electron chi connectivity index (χ4n) is 3.66. The molecule has 0 radical (unpaired) electrons. The van der Waals surface area contributed by atoms with E-state index < -0.39 is 10.8 Å². The quantitative estimate of drug-likeness (QED) is 0.742. The summed E-state index contributed by atoms with van der Waals surface area (Å²) in [6.07, 6.45) is 7.88. The molecule has 2 rings (SSSR count). The summed E-state index contributed by atoms with van der Waals surface area (Å²) in [5.41, 5.74) is -0.895. The lowest BCUT2D eigenvalue weighted by Crippen LogP contribution is -2.39. The van der Waals surface area contributed by atoms with Crippen molar-refractivity contribution < 1.29 is 4.79 Å². The minimum atomic E-state index is -0.447. The average molecular weight is 332 g/mol. The van der Waals surface area contributed by atoms with Crippen LogP contribution in [0.1, 0.15) is 66.5 Å². The van der Waals surface area contributed by atoms with E-state index in [0.29, 0.717) is 0 Å². The van der Waals surface area contributed by atoms with E-state index in [9.17, 15) is 4.79 Å². The lowest BCUT2D eigenvalue weighted by Gasteiger charge is -2.36. The highest BCUT2D eigenvalue weighted by molar-refractivity contribution is 5.89. The second kappa shape index (κ2) is 6.83. The van der Waals surface area contributed by atoms with Gasteiger partial charge in [0.25, 0.3) is 0 Å². The fourth-order valence-corrected chi connectivity index (χ4v) is 3.66. The summed E-state index contributed by atoms with van der Waals surface area (Å²) in [6.45, 7) is 12.2. The Morgan fingerprint density at radius 3 is 1.54 bits per heavy atom. The minimum absolute atomic E-state index is 0.120. The van der Waals surface area contributed by atoms with Gasteiger partial charge < -0.3 is 0 Å². The van der Waals surface area contributed by atoms with Gasteiger partial charge in [-0.25, -0.2) is 9.97 Å². The first-order valence-corrected chi connectivity index (χ1v) is 8.36. The largest absolute Gasteiger partial charge is 0.298 e. The number of carbonyl (C=O) groups excluding carboxylic acids is 1. The molecule has 132 valence electrons. The molecule has 0 aromatic carbocycles. The smallest absolute Gasteiger partial charge is 0.144 e. The van der Waals surface area contributed by atoms with Crippen molar-refractivity contribution in [3.8, 4) is 0 Å². The van der Waals surface area contributed by atoms with Crippen LogP contribution in [-0.4, -0.2) is 35.3 Å². The first-order valence-electron chi connectivity index (χ1n) is 8.36.